The Morgan fingerprint density at radius 3 is 1.89 bits per heavy atom. The van der Waals surface area contributed by atoms with E-state index >= 15 is 0 Å². The van der Waals surface area contributed by atoms with Crippen molar-refractivity contribution in [2.75, 3.05) is 59.5 Å². The van der Waals surface area contributed by atoms with E-state index in [1.54, 1.807) is 33.9 Å². The van der Waals surface area contributed by atoms with Crippen LogP contribution in [0.4, 0.5) is 0 Å². The minimum atomic E-state index is -0.919. The number of rotatable bonds is 13. The second-order valence-corrected chi connectivity index (χ2v) is 12.9. The van der Waals surface area contributed by atoms with Crippen LogP contribution in [0.3, 0.4) is 0 Å². The highest BCUT2D eigenvalue weighted by atomic mass is 16.5. The summed E-state index contributed by atoms with van der Waals surface area (Å²) in [6, 6.07) is -2.66. The van der Waals surface area contributed by atoms with E-state index in [0.29, 0.717) is 6.54 Å². The van der Waals surface area contributed by atoms with E-state index in [9.17, 15) is 19.2 Å². The molecule has 15 heteroatoms. The van der Waals surface area contributed by atoms with E-state index in [1.165, 1.54) is 11.8 Å². The predicted molar refractivity (Wildman–Crippen MR) is 175 cm³/mol. The van der Waals surface area contributed by atoms with Crippen molar-refractivity contribution in [1.82, 2.24) is 51.8 Å². The Bertz CT molecular complexity index is 1070. The van der Waals surface area contributed by atoms with Gasteiger partial charge in [0.25, 0.3) is 0 Å². The lowest BCUT2D eigenvalue weighted by atomic mass is 9.98. The van der Waals surface area contributed by atoms with Crippen LogP contribution >= 0.6 is 0 Å². The van der Waals surface area contributed by atoms with Gasteiger partial charge in [-0.2, -0.15) is 0 Å². The van der Waals surface area contributed by atoms with Gasteiger partial charge in [-0.1, -0.05) is 46.8 Å². The zero-order valence-corrected chi connectivity index (χ0v) is 28.9. The highest BCUT2D eigenvalue weighted by Crippen LogP contribution is 2.10. The molecule has 0 aliphatic carbocycles. The van der Waals surface area contributed by atoms with Crippen molar-refractivity contribution < 1.29 is 23.9 Å². The van der Waals surface area contributed by atoms with Crippen LogP contribution in [-0.2, 0) is 37.0 Å². The molecule has 46 heavy (non-hydrogen) atoms. The summed E-state index contributed by atoms with van der Waals surface area (Å²) in [7, 11) is 1.26. The highest BCUT2D eigenvalue weighted by molar-refractivity contribution is 5.93. The van der Waals surface area contributed by atoms with Crippen molar-refractivity contribution in [3.63, 3.8) is 0 Å². The summed E-state index contributed by atoms with van der Waals surface area (Å²) < 4.78 is 6.29. The van der Waals surface area contributed by atoms with Crippen molar-refractivity contribution in [2.24, 2.45) is 17.8 Å². The lowest BCUT2D eigenvalue weighted by Crippen LogP contribution is -2.59. The summed E-state index contributed by atoms with van der Waals surface area (Å²) in [4.78, 5) is 54.0. The van der Waals surface area contributed by atoms with Crippen molar-refractivity contribution in [3.05, 3.63) is 11.9 Å². The fourth-order valence-corrected chi connectivity index (χ4v) is 5.09. The molecular weight excluding hydrogens is 592 g/mol. The first-order valence-electron chi connectivity index (χ1n) is 16.6. The van der Waals surface area contributed by atoms with Crippen LogP contribution in [0.25, 0.3) is 0 Å². The van der Waals surface area contributed by atoms with Crippen molar-refractivity contribution in [1.29, 1.82) is 0 Å². The minimum Gasteiger partial charge on any atom is -0.467 e. The first-order valence-corrected chi connectivity index (χ1v) is 16.6. The quantitative estimate of drug-likeness (QED) is 0.148. The average molecular weight is 651 g/mol. The average Bonchev–Trinajstić information content (AvgIpc) is 3.44. The molecule has 0 saturated carbocycles. The van der Waals surface area contributed by atoms with E-state index < -0.39 is 41.8 Å². The normalized spacial score (nSPS) is 18.0. The van der Waals surface area contributed by atoms with E-state index in [1.807, 2.05) is 13.8 Å². The summed E-state index contributed by atoms with van der Waals surface area (Å²) >= 11 is 0. The van der Waals surface area contributed by atoms with Crippen LogP contribution in [0.15, 0.2) is 6.20 Å². The van der Waals surface area contributed by atoms with Crippen molar-refractivity contribution in [2.45, 2.75) is 85.6 Å². The summed E-state index contributed by atoms with van der Waals surface area (Å²) in [6.07, 6.45) is 3.86. The predicted octanol–water partition coefficient (Wildman–Crippen LogP) is -0.762. The Labute approximate surface area is 274 Å². The molecule has 0 bridgehead atoms. The second kappa shape index (κ2) is 20.9. The molecule has 0 radical (unpaired) electrons. The van der Waals surface area contributed by atoms with E-state index in [0.717, 1.165) is 70.9 Å². The molecule has 0 unspecified atom stereocenters. The van der Waals surface area contributed by atoms with Crippen LogP contribution in [0, 0.1) is 17.8 Å². The third-order valence-electron chi connectivity index (χ3n) is 7.83. The third kappa shape index (κ3) is 14.1. The zero-order chi connectivity index (χ0) is 34.1. The van der Waals surface area contributed by atoms with Gasteiger partial charge in [-0.3, -0.25) is 19.3 Å². The molecule has 3 atom stereocenters. The van der Waals surface area contributed by atoms with Gasteiger partial charge in [0.2, 0.25) is 17.7 Å². The number of hydrogen-bond acceptors (Lipinski definition) is 11. The van der Waals surface area contributed by atoms with Gasteiger partial charge in [0, 0.05) is 32.7 Å². The zero-order valence-electron chi connectivity index (χ0n) is 28.9. The van der Waals surface area contributed by atoms with Crippen molar-refractivity contribution >= 4 is 23.7 Å². The molecule has 0 aromatic carbocycles. The number of amides is 3. The standard InChI is InChI=1S/C31H58N10O5/c1-21(2)26(29(43)36-27(22(3)4)30(44)37-28(23(5)6)31(45)46-7)35-25(42)20-41-19-24(38-39-41)18-40-16-9-12-33-14-13-32-10-8-11-34-15-17-40/h19,21-23,26-28,32-34H,8-18,20H2,1-7H3,(H,35,42)(H,36,43)(H,37,44)/t26-,27-,28-/m0/s1. The number of methoxy groups -OCH3 is 1. The number of ether oxygens (including phenoxy) is 1. The van der Waals surface area contributed by atoms with Crippen LogP contribution in [-0.4, -0.2) is 121 Å². The monoisotopic (exact) mass is 650 g/mol. The number of esters is 1. The van der Waals surface area contributed by atoms with Gasteiger partial charge in [-0.25, -0.2) is 9.48 Å². The molecule has 2 rings (SSSR count). The molecule has 262 valence electrons. The Morgan fingerprint density at radius 1 is 0.761 bits per heavy atom. The lowest BCUT2D eigenvalue weighted by molar-refractivity contribution is -0.147. The first kappa shape index (κ1) is 39.0. The number of carbonyl (C=O) groups excluding carboxylic acids is 4. The number of hydrogen-bond donors (Lipinski definition) is 6. The maximum Gasteiger partial charge on any atom is 0.328 e. The smallest absolute Gasteiger partial charge is 0.328 e. The van der Waals surface area contributed by atoms with Crippen LogP contribution in [0.5, 0.6) is 0 Å². The fourth-order valence-electron chi connectivity index (χ4n) is 5.09. The highest BCUT2D eigenvalue weighted by Gasteiger charge is 2.33. The Balaban J connectivity index is 1.97. The van der Waals surface area contributed by atoms with Gasteiger partial charge in [0.15, 0.2) is 0 Å². The number of aromatic nitrogens is 3. The molecular formula is C31H58N10O5. The van der Waals surface area contributed by atoms with E-state index in [2.05, 4.69) is 47.1 Å². The van der Waals surface area contributed by atoms with Gasteiger partial charge in [-0.15, -0.1) is 5.10 Å². The summed E-state index contributed by atoms with van der Waals surface area (Å²) in [6.45, 7) is 18.8. The Morgan fingerprint density at radius 2 is 1.30 bits per heavy atom. The second-order valence-electron chi connectivity index (χ2n) is 12.9. The SMILES string of the molecule is COC(=O)[C@@H](NC(=O)[C@@H](NC(=O)[C@@H](NC(=O)Cn1cc(CN2CCCNCCNCCCNCC2)nn1)C(C)C)C(C)C)C(C)C. The van der Waals surface area contributed by atoms with Crippen LogP contribution in [0.2, 0.25) is 0 Å². The van der Waals surface area contributed by atoms with E-state index in [4.69, 9.17) is 4.74 Å². The first-order chi connectivity index (χ1) is 21.9. The molecule has 1 saturated heterocycles. The van der Waals surface area contributed by atoms with Gasteiger partial charge in [-0.05, 0) is 56.8 Å². The molecule has 6 N–H and O–H groups in total. The molecule has 1 fully saturated rings. The lowest BCUT2D eigenvalue weighted by Gasteiger charge is -2.29. The fraction of sp³-hybridized carbons (Fsp3) is 0.806. The summed E-state index contributed by atoms with van der Waals surface area (Å²) in [5, 5.41) is 27.1. The maximum absolute atomic E-state index is 13.4. The van der Waals surface area contributed by atoms with Crippen LogP contribution < -0.4 is 31.9 Å². The minimum absolute atomic E-state index is 0.105. The molecule has 1 aliphatic rings. The molecule has 2 heterocycles. The Kier molecular flexibility index (Phi) is 17.7. The summed E-state index contributed by atoms with van der Waals surface area (Å²) in [5.74, 6) is -2.69. The molecule has 1 aromatic heterocycles. The molecule has 1 aliphatic heterocycles. The van der Waals surface area contributed by atoms with Gasteiger partial charge in [0.1, 0.15) is 24.7 Å². The topological polar surface area (TPSA) is 184 Å². The van der Waals surface area contributed by atoms with Gasteiger partial charge >= 0.3 is 5.97 Å². The van der Waals surface area contributed by atoms with Crippen LogP contribution in [0.1, 0.15) is 60.1 Å². The maximum atomic E-state index is 13.4. The number of nitrogens with one attached hydrogen (secondary N) is 6. The van der Waals surface area contributed by atoms with Gasteiger partial charge in [0.05, 0.1) is 19.0 Å². The molecule has 3 amide bonds. The largest absolute Gasteiger partial charge is 0.467 e. The molecule has 0 spiro atoms. The molecule has 15 nitrogen and oxygen atoms in total. The third-order valence-corrected chi connectivity index (χ3v) is 7.83. The van der Waals surface area contributed by atoms with E-state index in [-0.39, 0.29) is 24.3 Å². The molecule has 1 aromatic rings. The van der Waals surface area contributed by atoms with Crippen molar-refractivity contribution in [3.8, 4) is 0 Å². The summed E-state index contributed by atoms with van der Waals surface area (Å²) in [5.41, 5.74) is 0.765. The number of nitrogens with zero attached hydrogens (tertiary/aromatic N) is 4. The van der Waals surface area contributed by atoms with Gasteiger partial charge < -0.3 is 36.6 Å². The Hall–Kier alpha value is -3.14. The number of carbonyl (C=O) groups is 4.